The van der Waals surface area contributed by atoms with Crippen LogP contribution in [0.5, 0.6) is 0 Å². The highest BCUT2D eigenvalue weighted by Gasteiger charge is 2.18. The number of carbonyl (C=O) groups excluding carboxylic acids is 2. The first kappa shape index (κ1) is 82.3. The van der Waals surface area contributed by atoms with Gasteiger partial charge in [-0.3, -0.25) is 9.59 Å². The zero-order valence-corrected chi connectivity index (χ0v) is 57.2. The number of ether oxygens (including phenoxy) is 1. The summed E-state index contributed by atoms with van der Waals surface area (Å²) in [5, 5.41) is 23.2. The Balaban J connectivity index is 3.30. The third kappa shape index (κ3) is 69.4. The van der Waals surface area contributed by atoms with Crippen molar-refractivity contribution in [2.75, 3.05) is 13.2 Å². The lowest BCUT2D eigenvalue weighted by Crippen LogP contribution is -2.45. The monoisotopic (exact) mass is 1180 g/mol. The zero-order chi connectivity index (χ0) is 60.6. The Morgan fingerprint density at radius 1 is 0.321 bits per heavy atom. The molecular formula is C78H151NO5. The molecule has 0 aromatic heterocycles. The van der Waals surface area contributed by atoms with E-state index in [-0.39, 0.29) is 18.5 Å². The highest BCUT2D eigenvalue weighted by molar-refractivity contribution is 5.76. The van der Waals surface area contributed by atoms with Gasteiger partial charge >= 0.3 is 5.97 Å². The second-order valence-electron chi connectivity index (χ2n) is 26.7. The van der Waals surface area contributed by atoms with Crippen LogP contribution in [0.25, 0.3) is 0 Å². The van der Waals surface area contributed by atoms with E-state index in [2.05, 4.69) is 31.3 Å². The Morgan fingerprint density at radius 2 is 0.560 bits per heavy atom. The molecule has 2 atom stereocenters. The molecule has 0 aliphatic heterocycles. The van der Waals surface area contributed by atoms with Crippen molar-refractivity contribution >= 4 is 11.9 Å². The largest absolute Gasteiger partial charge is 0.466 e. The molecule has 0 radical (unpaired) electrons. The number of unbranched alkanes of at least 4 members (excludes halogenated alkanes) is 60. The summed E-state index contributed by atoms with van der Waals surface area (Å²) in [6, 6.07) is -0.623. The first-order valence-electron chi connectivity index (χ1n) is 38.6. The SMILES string of the molecule is CCCCCCCC/C=C\CCCCCCCC(=O)OCCCCCCCCCCCCCCCCCCCCCCCCCCCCCCCCCCCCCCCC(=O)NC(CO)C(O)/C=C/CCCCCCCCCCCCCCC. The number of rotatable bonds is 73. The molecule has 1 amide bonds. The molecule has 6 nitrogen and oxygen atoms in total. The summed E-state index contributed by atoms with van der Waals surface area (Å²) in [5.41, 5.74) is 0. The first-order valence-corrected chi connectivity index (χ1v) is 38.6. The van der Waals surface area contributed by atoms with Crippen molar-refractivity contribution in [2.24, 2.45) is 0 Å². The standard InChI is InChI=1S/C78H151NO5/c1-3-5-7-9-11-13-15-17-42-46-50-54-58-62-66-70-76(81)75(74-80)79-77(82)71-67-63-59-55-51-47-44-40-38-36-34-32-30-28-26-24-22-20-19-21-23-25-27-29-31-33-35-37-39-41-45-49-53-57-61-65-69-73-84-78(83)72-68-64-60-56-52-48-43-18-16-14-12-10-8-6-4-2/h18,43,66,70,75-76,80-81H,3-17,19-42,44-65,67-69,71-74H2,1-2H3,(H,79,82)/b43-18-,70-66+. The third-order valence-corrected chi connectivity index (χ3v) is 18.2. The van der Waals surface area contributed by atoms with Crippen LogP contribution >= 0.6 is 0 Å². The van der Waals surface area contributed by atoms with Crippen LogP contribution < -0.4 is 5.32 Å². The fourth-order valence-electron chi connectivity index (χ4n) is 12.3. The predicted octanol–water partition coefficient (Wildman–Crippen LogP) is 25.3. The normalized spacial score (nSPS) is 12.6. The van der Waals surface area contributed by atoms with E-state index in [4.69, 9.17) is 4.74 Å². The van der Waals surface area contributed by atoms with Gasteiger partial charge in [-0.05, 0) is 57.8 Å². The van der Waals surface area contributed by atoms with Crippen LogP contribution in [0.3, 0.4) is 0 Å². The van der Waals surface area contributed by atoms with E-state index < -0.39 is 12.1 Å². The Hall–Kier alpha value is -1.66. The van der Waals surface area contributed by atoms with Gasteiger partial charge in [-0.15, -0.1) is 0 Å². The Labute approximate surface area is 526 Å². The molecule has 0 fully saturated rings. The van der Waals surface area contributed by atoms with Crippen molar-refractivity contribution in [3.05, 3.63) is 24.3 Å². The third-order valence-electron chi connectivity index (χ3n) is 18.2. The van der Waals surface area contributed by atoms with Gasteiger partial charge in [-0.2, -0.15) is 0 Å². The highest BCUT2D eigenvalue weighted by atomic mass is 16.5. The molecule has 2 unspecified atom stereocenters. The van der Waals surface area contributed by atoms with E-state index in [0.29, 0.717) is 19.4 Å². The molecule has 0 aliphatic rings. The highest BCUT2D eigenvalue weighted by Crippen LogP contribution is 2.20. The first-order chi connectivity index (χ1) is 41.5. The molecule has 3 N–H and O–H groups in total. The number of amides is 1. The Bertz CT molecular complexity index is 1320. The van der Waals surface area contributed by atoms with E-state index in [1.165, 1.54) is 366 Å². The minimum Gasteiger partial charge on any atom is -0.466 e. The van der Waals surface area contributed by atoms with Crippen molar-refractivity contribution in [3.8, 4) is 0 Å². The molecule has 0 saturated heterocycles. The van der Waals surface area contributed by atoms with Crippen LogP contribution in [0.4, 0.5) is 0 Å². The van der Waals surface area contributed by atoms with E-state index in [9.17, 15) is 19.8 Å². The molecule has 0 saturated carbocycles. The van der Waals surface area contributed by atoms with Crippen molar-refractivity contribution in [1.29, 1.82) is 0 Å². The summed E-state index contributed by atoms with van der Waals surface area (Å²) in [7, 11) is 0. The summed E-state index contributed by atoms with van der Waals surface area (Å²) in [6.45, 7) is 4.94. The van der Waals surface area contributed by atoms with Crippen molar-refractivity contribution in [2.45, 2.75) is 450 Å². The lowest BCUT2D eigenvalue weighted by atomic mass is 10.0. The predicted molar refractivity (Wildman–Crippen MR) is 370 cm³/mol. The van der Waals surface area contributed by atoms with E-state index in [1.54, 1.807) is 6.08 Å². The maximum Gasteiger partial charge on any atom is 0.305 e. The summed E-state index contributed by atoms with van der Waals surface area (Å²) in [6.07, 6.45) is 94.5. The molecule has 0 aromatic carbocycles. The molecule has 0 spiro atoms. The number of nitrogens with one attached hydrogen (secondary N) is 1. The quantitative estimate of drug-likeness (QED) is 0.0320. The summed E-state index contributed by atoms with van der Waals surface area (Å²) >= 11 is 0. The summed E-state index contributed by atoms with van der Waals surface area (Å²) in [5.74, 6) is -0.0433. The van der Waals surface area contributed by atoms with Gasteiger partial charge in [0.05, 0.1) is 25.4 Å². The van der Waals surface area contributed by atoms with Crippen molar-refractivity contribution < 1.29 is 24.5 Å². The van der Waals surface area contributed by atoms with Gasteiger partial charge in [0.1, 0.15) is 0 Å². The smallest absolute Gasteiger partial charge is 0.305 e. The lowest BCUT2D eigenvalue weighted by molar-refractivity contribution is -0.143. The topological polar surface area (TPSA) is 95.9 Å². The number of esters is 1. The molecule has 84 heavy (non-hydrogen) atoms. The van der Waals surface area contributed by atoms with Crippen LogP contribution in [0, 0.1) is 0 Å². The maximum atomic E-state index is 12.5. The molecular weight excluding hydrogens is 1030 g/mol. The van der Waals surface area contributed by atoms with Crippen molar-refractivity contribution in [3.63, 3.8) is 0 Å². The molecule has 6 heteroatoms. The van der Waals surface area contributed by atoms with E-state index >= 15 is 0 Å². The molecule has 0 aromatic rings. The van der Waals surface area contributed by atoms with Crippen LogP contribution in [0.1, 0.15) is 438 Å². The second kappa shape index (κ2) is 73.8. The second-order valence-corrected chi connectivity index (χ2v) is 26.7. The average molecular weight is 1180 g/mol. The van der Waals surface area contributed by atoms with Crippen LogP contribution in [-0.2, 0) is 14.3 Å². The zero-order valence-electron chi connectivity index (χ0n) is 57.2. The Kier molecular flexibility index (Phi) is 72.3. The van der Waals surface area contributed by atoms with Gasteiger partial charge in [0, 0.05) is 12.8 Å². The van der Waals surface area contributed by atoms with Crippen LogP contribution in [-0.4, -0.2) is 47.4 Å². The minimum absolute atomic E-state index is 0.0160. The van der Waals surface area contributed by atoms with Crippen LogP contribution in [0.2, 0.25) is 0 Å². The number of aliphatic hydroxyl groups excluding tert-OH is 2. The number of hydrogen-bond donors (Lipinski definition) is 3. The van der Waals surface area contributed by atoms with Gasteiger partial charge < -0.3 is 20.3 Å². The number of carbonyl (C=O) groups is 2. The molecule has 0 aliphatic carbocycles. The van der Waals surface area contributed by atoms with Crippen LogP contribution in [0.15, 0.2) is 24.3 Å². The van der Waals surface area contributed by atoms with Gasteiger partial charge in [-0.25, -0.2) is 0 Å². The van der Waals surface area contributed by atoms with E-state index in [1.807, 2.05) is 6.08 Å². The fraction of sp³-hybridized carbons (Fsp3) is 0.923. The number of aliphatic hydroxyl groups is 2. The Morgan fingerprint density at radius 3 is 0.845 bits per heavy atom. The lowest BCUT2D eigenvalue weighted by Gasteiger charge is -2.20. The number of allylic oxidation sites excluding steroid dienone is 3. The summed E-state index contributed by atoms with van der Waals surface area (Å²) in [4.78, 5) is 24.6. The fourth-order valence-corrected chi connectivity index (χ4v) is 12.3. The minimum atomic E-state index is -0.840. The molecule has 0 bridgehead atoms. The average Bonchev–Trinajstić information content (AvgIpc) is 3.53. The molecule has 498 valence electrons. The summed E-state index contributed by atoms with van der Waals surface area (Å²) < 4.78 is 5.50. The van der Waals surface area contributed by atoms with Gasteiger partial charge in [0.25, 0.3) is 0 Å². The molecule has 0 rings (SSSR count). The van der Waals surface area contributed by atoms with Gasteiger partial charge in [-0.1, -0.05) is 391 Å². The van der Waals surface area contributed by atoms with E-state index in [0.717, 1.165) is 44.9 Å². The van der Waals surface area contributed by atoms with Crippen molar-refractivity contribution in [1.82, 2.24) is 5.32 Å². The number of hydrogen-bond acceptors (Lipinski definition) is 5. The van der Waals surface area contributed by atoms with Gasteiger partial charge in [0.2, 0.25) is 5.91 Å². The molecule has 0 heterocycles. The maximum absolute atomic E-state index is 12.5. The van der Waals surface area contributed by atoms with Gasteiger partial charge in [0.15, 0.2) is 0 Å².